The summed E-state index contributed by atoms with van der Waals surface area (Å²) in [5.74, 6) is 0.477. The number of urea groups is 1. The molecule has 29 heavy (non-hydrogen) atoms. The molecule has 3 heterocycles. The quantitative estimate of drug-likeness (QED) is 0.622. The Labute approximate surface area is 168 Å². The fourth-order valence-electron chi connectivity index (χ4n) is 3.60. The van der Waals surface area contributed by atoms with Crippen LogP contribution in [0.2, 0.25) is 0 Å². The lowest BCUT2D eigenvalue weighted by atomic mass is 10.1. The number of rotatable bonds is 5. The van der Waals surface area contributed by atoms with Crippen molar-refractivity contribution >= 4 is 17.6 Å². The average Bonchev–Trinajstić information content (AvgIpc) is 3.32. The number of nitrogens with zero attached hydrogens (tertiary/aromatic N) is 5. The molecule has 8 nitrogen and oxygen atoms in total. The molecule has 8 heteroatoms. The molecule has 0 unspecified atom stereocenters. The summed E-state index contributed by atoms with van der Waals surface area (Å²) in [5.41, 5.74) is 4.31. The van der Waals surface area contributed by atoms with Crippen molar-refractivity contribution in [1.29, 1.82) is 0 Å². The fourth-order valence-corrected chi connectivity index (χ4v) is 3.60. The Morgan fingerprint density at radius 3 is 2.62 bits per heavy atom. The van der Waals surface area contributed by atoms with Crippen molar-refractivity contribution < 1.29 is 14.1 Å². The average molecular weight is 393 g/mol. The van der Waals surface area contributed by atoms with E-state index in [0.29, 0.717) is 18.8 Å². The number of carbonyl (C=O) groups excluding carboxylic acids is 2. The molecule has 0 aliphatic carbocycles. The summed E-state index contributed by atoms with van der Waals surface area (Å²) < 4.78 is 6.86. The van der Waals surface area contributed by atoms with E-state index in [-0.39, 0.29) is 11.9 Å². The molecule has 0 radical (unpaired) electrons. The van der Waals surface area contributed by atoms with E-state index in [1.165, 1.54) is 11.1 Å². The molecular formula is C21H23N5O3. The van der Waals surface area contributed by atoms with Crippen molar-refractivity contribution in [2.24, 2.45) is 0 Å². The number of amides is 3. The SMILES string of the molecule is Cc1cccc(CN2C(=O)N(c3cnn(Cc4c(C)noc4C)c3)C(=O)[C@@H]2C)c1. The zero-order valence-corrected chi connectivity index (χ0v) is 16.9. The van der Waals surface area contributed by atoms with Gasteiger partial charge in [-0.25, -0.2) is 9.69 Å². The zero-order chi connectivity index (χ0) is 20.7. The van der Waals surface area contributed by atoms with E-state index in [2.05, 4.69) is 10.3 Å². The summed E-state index contributed by atoms with van der Waals surface area (Å²) in [6.07, 6.45) is 3.24. The van der Waals surface area contributed by atoms with Crippen LogP contribution < -0.4 is 4.90 Å². The first kappa shape index (κ1) is 18.9. The highest BCUT2D eigenvalue weighted by Gasteiger charge is 2.43. The topological polar surface area (TPSA) is 84.5 Å². The van der Waals surface area contributed by atoms with Crippen molar-refractivity contribution in [3.63, 3.8) is 0 Å². The van der Waals surface area contributed by atoms with Crippen LogP contribution in [0.15, 0.2) is 41.2 Å². The van der Waals surface area contributed by atoms with E-state index in [1.54, 1.807) is 22.7 Å². The van der Waals surface area contributed by atoms with Crippen molar-refractivity contribution in [2.45, 2.75) is 46.8 Å². The van der Waals surface area contributed by atoms with E-state index < -0.39 is 6.04 Å². The first-order chi connectivity index (χ1) is 13.8. The Morgan fingerprint density at radius 1 is 1.14 bits per heavy atom. The summed E-state index contributed by atoms with van der Waals surface area (Å²) in [6.45, 7) is 8.32. The fraction of sp³-hybridized carbons (Fsp3) is 0.333. The lowest BCUT2D eigenvalue weighted by Crippen LogP contribution is -2.33. The molecule has 1 fully saturated rings. The van der Waals surface area contributed by atoms with Gasteiger partial charge in [0.25, 0.3) is 5.91 Å². The summed E-state index contributed by atoms with van der Waals surface area (Å²) in [6, 6.07) is 7.07. The molecular weight excluding hydrogens is 370 g/mol. The second-order valence-electron chi connectivity index (χ2n) is 7.45. The van der Waals surface area contributed by atoms with Gasteiger partial charge in [-0.05, 0) is 33.3 Å². The van der Waals surface area contributed by atoms with E-state index in [0.717, 1.165) is 28.1 Å². The molecule has 2 aromatic heterocycles. The normalized spacial score (nSPS) is 16.9. The number of anilines is 1. The predicted molar refractivity (Wildman–Crippen MR) is 106 cm³/mol. The third-order valence-electron chi connectivity index (χ3n) is 5.30. The second kappa shape index (κ2) is 7.20. The minimum Gasteiger partial charge on any atom is -0.361 e. The summed E-state index contributed by atoms with van der Waals surface area (Å²) in [7, 11) is 0. The zero-order valence-electron chi connectivity index (χ0n) is 16.9. The van der Waals surface area contributed by atoms with Gasteiger partial charge in [-0.3, -0.25) is 9.48 Å². The van der Waals surface area contributed by atoms with E-state index in [9.17, 15) is 9.59 Å². The van der Waals surface area contributed by atoms with Gasteiger partial charge in [0.2, 0.25) is 0 Å². The van der Waals surface area contributed by atoms with Gasteiger partial charge < -0.3 is 9.42 Å². The first-order valence-electron chi connectivity index (χ1n) is 9.49. The summed E-state index contributed by atoms with van der Waals surface area (Å²) >= 11 is 0. The van der Waals surface area contributed by atoms with Crippen LogP contribution >= 0.6 is 0 Å². The number of hydrogen-bond acceptors (Lipinski definition) is 5. The lowest BCUT2D eigenvalue weighted by Gasteiger charge is -2.19. The highest BCUT2D eigenvalue weighted by atomic mass is 16.5. The second-order valence-corrected chi connectivity index (χ2v) is 7.45. The van der Waals surface area contributed by atoms with Crippen LogP contribution in [-0.4, -0.2) is 37.8 Å². The molecule has 0 N–H and O–H groups in total. The predicted octanol–water partition coefficient (Wildman–Crippen LogP) is 3.20. The maximum absolute atomic E-state index is 13.0. The molecule has 3 amide bonds. The Kier molecular flexibility index (Phi) is 4.70. The van der Waals surface area contributed by atoms with Gasteiger partial charge in [0.15, 0.2) is 0 Å². The Bertz CT molecular complexity index is 1060. The number of aromatic nitrogens is 3. The maximum Gasteiger partial charge on any atom is 0.332 e. The Morgan fingerprint density at radius 2 is 1.93 bits per heavy atom. The van der Waals surface area contributed by atoms with Crippen molar-refractivity contribution in [3.8, 4) is 0 Å². The van der Waals surface area contributed by atoms with Crippen LogP contribution in [0, 0.1) is 20.8 Å². The minimum absolute atomic E-state index is 0.250. The van der Waals surface area contributed by atoms with Crippen LogP contribution in [0.4, 0.5) is 10.5 Å². The van der Waals surface area contributed by atoms with Gasteiger partial charge in [-0.2, -0.15) is 5.10 Å². The first-order valence-corrected chi connectivity index (χ1v) is 9.49. The van der Waals surface area contributed by atoms with Crippen molar-refractivity contribution in [3.05, 3.63) is 64.8 Å². The number of benzene rings is 1. The minimum atomic E-state index is -0.533. The maximum atomic E-state index is 13.0. The molecule has 4 rings (SSSR count). The number of carbonyl (C=O) groups is 2. The third-order valence-corrected chi connectivity index (χ3v) is 5.30. The number of aryl methyl sites for hydroxylation is 3. The molecule has 1 aromatic carbocycles. The van der Waals surface area contributed by atoms with Crippen LogP contribution in [-0.2, 0) is 17.9 Å². The molecule has 3 aromatic rings. The molecule has 1 aliphatic heterocycles. The van der Waals surface area contributed by atoms with Crippen LogP contribution in [0.3, 0.4) is 0 Å². The molecule has 1 aliphatic rings. The monoisotopic (exact) mass is 393 g/mol. The van der Waals surface area contributed by atoms with Crippen molar-refractivity contribution in [1.82, 2.24) is 19.8 Å². The van der Waals surface area contributed by atoms with Gasteiger partial charge in [-0.15, -0.1) is 0 Å². The Balaban J connectivity index is 1.55. The molecule has 0 saturated carbocycles. The van der Waals surface area contributed by atoms with E-state index >= 15 is 0 Å². The highest BCUT2D eigenvalue weighted by molar-refractivity contribution is 6.21. The van der Waals surface area contributed by atoms with Crippen LogP contribution in [0.5, 0.6) is 0 Å². The smallest absolute Gasteiger partial charge is 0.332 e. The van der Waals surface area contributed by atoms with E-state index in [4.69, 9.17) is 4.52 Å². The molecule has 1 saturated heterocycles. The standard InChI is InChI=1S/C21H23N5O3/c1-13-6-5-7-17(8-13)10-25-15(3)20(27)26(21(25)28)18-9-22-24(11-18)12-19-14(2)23-29-16(19)4/h5-9,11,15H,10,12H2,1-4H3/t15-/m0/s1. The molecule has 0 spiro atoms. The largest absolute Gasteiger partial charge is 0.361 e. The summed E-state index contributed by atoms with van der Waals surface area (Å²) in [4.78, 5) is 28.6. The molecule has 150 valence electrons. The number of imide groups is 1. The van der Waals surface area contributed by atoms with Gasteiger partial charge in [-0.1, -0.05) is 35.0 Å². The third kappa shape index (κ3) is 3.41. The van der Waals surface area contributed by atoms with Crippen LogP contribution in [0.1, 0.15) is 35.1 Å². The van der Waals surface area contributed by atoms with Gasteiger partial charge in [0, 0.05) is 18.3 Å². The molecule has 0 bridgehead atoms. The van der Waals surface area contributed by atoms with Gasteiger partial charge in [0.05, 0.1) is 24.1 Å². The lowest BCUT2D eigenvalue weighted by molar-refractivity contribution is -0.119. The Hall–Kier alpha value is -3.42. The number of hydrogen-bond donors (Lipinski definition) is 0. The van der Waals surface area contributed by atoms with Crippen molar-refractivity contribution in [2.75, 3.05) is 4.90 Å². The van der Waals surface area contributed by atoms with E-state index in [1.807, 2.05) is 45.0 Å². The highest BCUT2D eigenvalue weighted by Crippen LogP contribution is 2.27. The summed E-state index contributed by atoms with van der Waals surface area (Å²) in [5, 5.41) is 8.26. The van der Waals surface area contributed by atoms with Gasteiger partial charge in [0.1, 0.15) is 11.8 Å². The molecule has 1 atom stereocenters. The van der Waals surface area contributed by atoms with Gasteiger partial charge >= 0.3 is 6.03 Å². The van der Waals surface area contributed by atoms with Crippen LogP contribution in [0.25, 0.3) is 0 Å².